The third-order valence-electron chi connectivity index (χ3n) is 4.91. The molecule has 2 aromatic carbocycles. The van der Waals surface area contributed by atoms with Crippen LogP contribution >= 0.6 is 46.4 Å². The van der Waals surface area contributed by atoms with E-state index in [2.05, 4.69) is 0 Å². The monoisotopic (exact) mass is 536 g/mol. The number of rotatable bonds is 8. The average molecular weight is 538 g/mol. The molecule has 33 heavy (non-hydrogen) atoms. The zero-order chi connectivity index (χ0) is 24.5. The number of ether oxygens (including phenoxy) is 2. The summed E-state index contributed by atoms with van der Waals surface area (Å²) in [6.45, 7) is -0.546. The fourth-order valence-corrected chi connectivity index (χ4v) is 4.09. The number of hydrogen-bond acceptors (Lipinski definition) is 8. The molecule has 174 valence electrons. The molecule has 0 saturated heterocycles. The summed E-state index contributed by atoms with van der Waals surface area (Å²) in [4.78, 5) is 45.0. The van der Waals surface area contributed by atoms with E-state index in [1.807, 2.05) is 0 Å². The van der Waals surface area contributed by atoms with Gasteiger partial charge in [-0.1, -0.05) is 23.2 Å². The number of non-ortho nitro benzene ring substituents is 2. The molecular weight excluding hydrogens is 526 g/mol. The zero-order valence-corrected chi connectivity index (χ0v) is 19.2. The van der Waals surface area contributed by atoms with Crippen molar-refractivity contribution in [2.45, 2.75) is 4.33 Å². The SMILES string of the molecule is O=C(OC[C@@H]1[C@@H](COC(=O)c2cc([N+](=O)[O-])ccc2Cl)C1(Cl)Cl)c1cc([N+](=O)[O-])ccc1Cl. The van der Waals surface area contributed by atoms with Crippen LogP contribution in [0, 0.1) is 32.1 Å². The summed E-state index contributed by atoms with van der Waals surface area (Å²) in [5.74, 6) is -3.07. The first-order chi connectivity index (χ1) is 15.4. The molecule has 0 radical (unpaired) electrons. The summed E-state index contributed by atoms with van der Waals surface area (Å²) in [5.41, 5.74) is -1.09. The largest absolute Gasteiger partial charge is 0.462 e. The molecule has 14 heteroatoms. The molecule has 1 aliphatic carbocycles. The van der Waals surface area contributed by atoms with Crippen LogP contribution in [0.25, 0.3) is 0 Å². The van der Waals surface area contributed by atoms with Crippen molar-refractivity contribution in [2.24, 2.45) is 11.8 Å². The van der Waals surface area contributed by atoms with Crippen molar-refractivity contribution in [1.29, 1.82) is 0 Å². The van der Waals surface area contributed by atoms with Crippen molar-refractivity contribution in [3.8, 4) is 0 Å². The highest BCUT2D eigenvalue weighted by Gasteiger charge is 2.64. The fourth-order valence-electron chi connectivity index (χ4n) is 2.97. The molecule has 0 amide bonds. The Hall–Kier alpha value is -2.66. The van der Waals surface area contributed by atoms with E-state index in [-0.39, 0.29) is 45.8 Å². The highest BCUT2D eigenvalue weighted by Crippen LogP contribution is 2.59. The number of halogens is 4. The van der Waals surface area contributed by atoms with Crippen LogP contribution in [0.4, 0.5) is 11.4 Å². The minimum Gasteiger partial charge on any atom is -0.462 e. The number of carbonyl (C=O) groups excluding carboxylic acids is 2. The minimum atomic E-state index is -1.38. The van der Waals surface area contributed by atoms with E-state index < -0.39 is 38.0 Å². The number of alkyl halides is 2. The predicted molar refractivity (Wildman–Crippen MR) is 118 cm³/mol. The Kier molecular flexibility index (Phi) is 7.32. The van der Waals surface area contributed by atoms with Gasteiger partial charge in [-0.25, -0.2) is 9.59 Å². The first-order valence-electron chi connectivity index (χ1n) is 9.03. The van der Waals surface area contributed by atoms with Crippen LogP contribution in [0.5, 0.6) is 0 Å². The highest BCUT2D eigenvalue weighted by molar-refractivity contribution is 6.51. The fraction of sp³-hybridized carbons (Fsp3) is 0.263. The van der Waals surface area contributed by atoms with Crippen molar-refractivity contribution in [3.63, 3.8) is 0 Å². The minimum absolute atomic E-state index is 0.0382. The molecule has 1 saturated carbocycles. The van der Waals surface area contributed by atoms with E-state index in [0.29, 0.717) is 0 Å². The maximum Gasteiger partial charge on any atom is 0.339 e. The number of esters is 2. The van der Waals surface area contributed by atoms with Gasteiger partial charge in [-0.15, -0.1) is 23.2 Å². The van der Waals surface area contributed by atoms with Gasteiger partial charge in [-0.2, -0.15) is 0 Å². The molecule has 0 unspecified atom stereocenters. The molecular formula is C19H12Cl4N2O8. The Morgan fingerprint density at radius 1 is 0.818 bits per heavy atom. The van der Waals surface area contributed by atoms with Crippen molar-refractivity contribution in [2.75, 3.05) is 13.2 Å². The Labute approximate surface area is 205 Å². The molecule has 0 spiro atoms. The summed E-state index contributed by atoms with van der Waals surface area (Å²) in [6, 6.07) is 6.63. The molecule has 0 heterocycles. The number of benzene rings is 2. The smallest absolute Gasteiger partial charge is 0.339 e. The van der Waals surface area contributed by atoms with E-state index >= 15 is 0 Å². The van der Waals surface area contributed by atoms with Crippen LogP contribution in [-0.4, -0.2) is 39.3 Å². The lowest BCUT2D eigenvalue weighted by Gasteiger charge is -2.07. The van der Waals surface area contributed by atoms with Gasteiger partial charge in [0.15, 0.2) is 0 Å². The van der Waals surface area contributed by atoms with Crippen LogP contribution in [0.2, 0.25) is 10.0 Å². The molecule has 2 atom stereocenters. The third kappa shape index (κ3) is 5.47. The molecule has 0 aromatic heterocycles. The second-order valence-corrected chi connectivity index (χ2v) is 9.19. The Bertz CT molecular complexity index is 1070. The molecule has 1 aliphatic rings. The zero-order valence-electron chi connectivity index (χ0n) is 16.2. The lowest BCUT2D eigenvalue weighted by molar-refractivity contribution is -0.385. The molecule has 10 nitrogen and oxygen atoms in total. The molecule has 0 bridgehead atoms. The van der Waals surface area contributed by atoms with Gasteiger partial charge >= 0.3 is 11.9 Å². The van der Waals surface area contributed by atoms with Gasteiger partial charge in [0.05, 0.1) is 44.2 Å². The summed E-state index contributed by atoms with van der Waals surface area (Å²) in [6.07, 6.45) is 0. The summed E-state index contributed by atoms with van der Waals surface area (Å²) in [5, 5.41) is 21.7. The van der Waals surface area contributed by atoms with Gasteiger partial charge in [0.1, 0.15) is 4.33 Å². The van der Waals surface area contributed by atoms with Gasteiger partial charge in [-0.05, 0) is 12.1 Å². The standard InChI is InChI=1S/C19H12Cl4N2O8/c20-15-3-1-9(24(28)29)5-11(15)17(26)32-7-13-14(19(13,22)23)8-33-18(27)12-6-10(25(30)31)2-4-16(12)21/h1-6,13-14H,7-8H2/t13-,14-/m1/s1. The van der Waals surface area contributed by atoms with E-state index in [0.717, 1.165) is 24.3 Å². The van der Waals surface area contributed by atoms with Gasteiger partial charge < -0.3 is 9.47 Å². The van der Waals surface area contributed by atoms with E-state index in [9.17, 15) is 29.8 Å². The quantitative estimate of drug-likeness (QED) is 0.192. The van der Waals surface area contributed by atoms with Crippen LogP contribution in [0.15, 0.2) is 36.4 Å². The van der Waals surface area contributed by atoms with Crippen LogP contribution in [-0.2, 0) is 9.47 Å². The van der Waals surface area contributed by atoms with Crippen LogP contribution in [0.1, 0.15) is 20.7 Å². The van der Waals surface area contributed by atoms with Crippen molar-refractivity contribution >= 4 is 69.7 Å². The van der Waals surface area contributed by atoms with Crippen molar-refractivity contribution < 1.29 is 28.9 Å². The lowest BCUT2D eigenvalue weighted by Crippen LogP contribution is -2.12. The first kappa shape index (κ1) is 25.0. The van der Waals surface area contributed by atoms with Gasteiger partial charge in [0.2, 0.25) is 0 Å². The van der Waals surface area contributed by atoms with E-state index in [1.165, 1.54) is 12.1 Å². The molecule has 0 aliphatic heterocycles. The Morgan fingerprint density at radius 3 is 1.52 bits per heavy atom. The van der Waals surface area contributed by atoms with E-state index in [4.69, 9.17) is 55.9 Å². The highest BCUT2D eigenvalue weighted by atomic mass is 35.5. The van der Waals surface area contributed by atoms with Crippen LogP contribution < -0.4 is 0 Å². The van der Waals surface area contributed by atoms with Gasteiger partial charge in [0, 0.05) is 36.1 Å². The number of carbonyl (C=O) groups is 2. The summed E-state index contributed by atoms with van der Waals surface area (Å²) in [7, 11) is 0. The molecule has 3 rings (SSSR count). The van der Waals surface area contributed by atoms with Crippen LogP contribution in [0.3, 0.4) is 0 Å². The normalized spacial score (nSPS) is 18.3. The topological polar surface area (TPSA) is 139 Å². The maximum atomic E-state index is 12.3. The summed E-state index contributed by atoms with van der Waals surface area (Å²) < 4.78 is 8.89. The molecule has 2 aromatic rings. The third-order valence-corrected chi connectivity index (χ3v) is 6.69. The number of hydrogen-bond donors (Lipinski definition) is 0. The molecule has 0 N–H and O–H groups in total. The lowest BCUT2D eigenvalue weighted by atomic mass is 10.2. The number of nitro groups is 2. The van der Waals surface area contributed by atoms with Gasteiger partial charge in [0.25, 0.3) is 11.4 Å². The Morgan fingerprint density at radius 2 is 1.18 bits per heavy atom. The van der Waals surface area contributed by atoms with E-state index in [1.54, 1.807) is 0 Å². The van der Waals surface area contributed by atoms with Gasteiger partial charge in [-0.3, -0.25) is 20.2 Å². The number of nitrogens with zero attached hydrogens (tertiary/aromatic N) is 2. The van der Waals surface area contributed by atoms with Crippen molar-refractivity contribution in [1.82, 2.24) is 0 Å². The predicted octanol–water partition coefficient (Wildman–Crippen LogP) is 5.24. The average Bonchev–Trinajstić information content (AvgIpc) is 3.28. The second-order valence-electron chi connectivity index (χ2n) is 6.93. The maximum absolute atomic E-state index is 12.3. The number of nitro benzene ring substituents is 2. The van der Waals surface area contributed by atoms with Crippen molar-refractivity contribution in [3.05, 3.63) is 77.8 Å². The second kappa shape index (κ2) is 9.68. The first-order valence-corrected chi connectivity index (χ1v) is 10.5. The summed E-state index contributed by atoms with van der Waals surface area (Å²) >= 11 is 24.2. The molecule has 1 fully saturated rings. The Balaban J connectivity index is 1.59.